The van der Waals surface area contributed by atoms with Crippen molar-refractivity contribution >= 4 is 80.4 Å². The number of allylic oxidation sites excluding steroid dienone is 1. The van der Waals surface area contributed by atoms with Crippen LogP contribution in [0.1, 0.15) is 46.2 Å². The van der Waals surface area contributed by atoms with Gasteiger partial charge >= 0.3 is 0 Å². The number of carbonyl (C=O) groups is 1. The maximum atomic E-state index is 15.8. The van der Waals surface area contributed by atoms with Crippen molar-refractivity contribution in [3.8, 4) is 17.3 Å². The first-order valence-electron chi connectivity index (χ1n) is 14.9. The summed E-state index contributed by atoms with van der Waals surface area (Å²) in [6.45, 7) is 13.8. The van der Waals surface area contributed by atoms with Gasteiger partial charge in [-0.1, -0.05) is 79.8 Å². The van der Waals surface area contributed by atoms with Gasteiger partial charge in [-0.05, 0) is 31.9 Å². The standard InChI is InChI=1S/C33H32Cl4FN7O2/c1-7-21(46)44-16(5)12-43(13-17(44)6)31-18-10-20(34)29(22-23(35)27(40)25(37)24(36)26(22)38)42-32(18)45(33(47)19(31)11-39)30-15(4)8-9-41-28(30)14(2)3/h7-10,14-17,30H,1,12-13,40H2,2-6H3/t15-,16-,17+,30?/m1/s1. The predicted molar refractivity (Wildman–Crippen MR) is 188 cm³/mol. The SMILES string of the molecule is C=CC(=O)N1[C@H](C)CN(c2c(C#N)c(=O)n(C3C(C(C)C)=NC=C[C@H]3C)c3nc(-c4c(F)c(Cl)c(Cl)c(N)c4Cl)c(Cl)cc23)C[C@@H]1C. The van der Waals surface area contributed by atoms with Crippen LogP contribution < -0.4 is 16.2 Å². The van der Waals surface area contributed by atoms with Gasteiger partial charge in [0.15, 0.2) is 5.82 Å². The largest absolute Gasteiger partial charge is 0.396 e. The third-order valence-electron chi connectivity index (χ3n) is 8.70. The van der Waals surface area contributed by atoms with E-state index in [9.17, 15) is 14.9 Å². The first-order chi connectivity index (χ1) is 22.2. The minimum Gasteiger partial charge on any atom is -0.396 e. The van der Waals surface area contributed by atoms with Crippen LogP contribution >= 0.6 is 46.4 Å². The number of carbonyl (C=O) groups excluding carboxylic acids is 1. The van der Waals surface area contributed by atoms with E-state index >= 15 is 4.39 Å². The molecule has 246 valence electrons. The van der Waals surface area contributed by atoms with Crippen LogP contribution in [-0.4, -0.2) is 51.2 Å². The number of nitriles is 1. The van der Waals surface area contributed by atoms with Crippen molar-refractivity contribution in [1.82, 2.24) is 14.5 Å². The molecule has 2 aliphatic rings. The van der Waals surface area contributed by atoms with E-state index in [-0.39, 0.29) is 73.0 Å². The number of rotatable bonds is 5. The molecule has 0 aliphatic carbocycles. The van der Waals surface area contributed by atoms with E-state index in [1.165, 1.54) is 16.7 Å². The van der Waals surface area contributed by atoms with Crippen LogP contribution in [0.3, 0.4) is 0 Å². The quantitative estimate of drug-likeness (QED) is 0.125. The van der Waals surface area contributed by atoms with Gasteiger partial charge in [0.25, 0.3) is 5.56 Å². The van der Waals surface area contributed by atoms with Gasteiger partial charge in [-0.2, -0.15) is 5.26 Å². The molecule has 5 rings (SSSR count). The Balaban J connectivity index is 1.91. The smallest absolute Gasteiger partial charge is 0.272 e. The number of nitrogen functional groups attached to an aromatic ring is 1. The Morgan fingerprint density at radius 3 is 2.36 bits per heavy atom. The molecule has 4 atom stereocenters. The zero-order chi connectivity index (χ0) is 34.6. The number of hydrogen-bond acceptors (Lipinski definition) is 7. The minimum absolute atomic E-state index is 0.0395. The van der Waals surface area contributed by atoms with Gasteiger partial charge in [0.05, 0.1) is 48.8 Å². The van der Waals surface area contributed by atoms with Gasteiger partial charge in [0.1, 0.15) is 17.3 Å². The average Bonchev–Trinajstić information content (AvgIpc) is 3.02. The zero-order valence-corrected chi connectivity index (χ0v) is 29.3. The fourth-order valence-corrected chi connectivity index (χ4v) is 7.57. The maximum absolute atomic E-state index is 15.8. The molecule has 14 heteroatoms. The van der Waals surface area contributed by atoms with Gasteiger partial charge in [0.2, 0.25) is 5.91 Å². The average molecular weight is 719 g/mol. The molecule has 1 unspecified atom stereocenters. The van der Waals surface area contributed by atoms with Gasteiger partial charge in [-0.15, -0.1) is 0 Å². The molecule has 1 aromatic carbocycles. The molecular weight excluding hydrogens is 687 g/mol. The molecule has 2 aliphatic heterocycles. The lowest BCUT2D eigenvalue weighted by Gasteiger charge is -2.45. The van der Waals surface area contributed by atoms with Gasteiger partial charge in [-0.3, -0.25) is 19.1 Å². The second-order valence-corrected chi connectivity index (χ2v) is 13.7. The molecule has 1 fully saturated rings. The Hall–Kier alpha value is -3.62. The molecule has 2 N–H and O–H groups in total. The van der Waals surface area contributed by atoms with E-state index in [0.717, 1.165) is 0 Å². The molecule has 9 nitrogen and oxygen atoms in total. The number of aliphatic imine (C=N–C) groups is 1. The summed E-state index contributed by atoms with van der Waals surface area (Å²) in [6, 6.07) is 2.43. The highest BCUT2D eigenvalue weighted by atomic mass is 35.5. The number of nitrogens with zero attached hydrogens (tertiary/aromatic N) is 6. The number of aromatic nitrogens is 2. The number of fused-ring (bicyclic) bond motifs is 1. The molecule has 0 spiro atoms. The lowest BCUT2D eigenvalue weighted by molar-refractivity contribution is -0.130. The number of halogens is 5. The Morgan fingerprint density at radius 1 is 1.15 bits per heavy atom. The minimum atomic E-state index is -0.989. The monoisotopic (exact) mass is 717 g/mol. The Morgan fingerprint density at radius 2 is 1.79 bits per heavy atom. The number of amides is 1. The van der Waals surface area contributed by atoms with Crippen LogP contribution in [0.5, 0.6) is 0 Å². The summed E-state index contributed by atoms with van der Waals surface area (Å²) < 4.78 is 17.2. The van der Waals surface area contributed by atoms with E-state index in [1.807, 2.05) is 45.6 Å². The van der Waals surface area contributed by atoms with Crippen molar-refractivity contribution < 1.29 is 9.18 Å². The number of nitrogens with two attached hydrogens (primary N) is 1. The molecule has 3 aromatic rings. The normalized spacial score (nSPS) is 21.3. The van der Waals surface area contributed by atoms with Crippen molar-refractivity contribution in [2.24, 2.45) is 16.8 Å². The summed E-state index contributed by atoms with van der Waals surface area (Å²) in [5.74, 6) is -1.53. The third-order valence-corrected chi connectivity index (χ3v) is 10.2. The third kappa shape index (κ3) is 5.67. The molecule has 0 radical (unpaired) electrons. The molecule has 4 heterocycles. The number of piperazine rings is 1. The molecular formula is C33H32Cl4FN7O2. The second-order valence-electron chi connectivity index (χ2n) is 12.2. The topological polar surface area (TPSA) is 121 Å². The fraction of sp³-hybridized carbons (Fsp3) is 0.364. The first-order valence-corrected chi connectivity index (χ1v) is 16.4. The summed E-state index contributed by atoms with van der Waals surface area (Å²) in [5, 5.41) is 9.91. The molecule has 1 saturated heterocycles. The highest BCUT2D eigenvalue weighted by Gasteiger charge is 2.37. The van der Waals surface area contributed by atoms with Crippen LogP contribution in [0, 0.1) is 29.0 Å². The van der Waals surface area contributed by atoms with Crippen LogP contribution in [0.15, 0.2) is 40.8 Å². The van der Waals surface area contributed by atoms with Crippen LogP contribution in [0.2, 0.25) is 20.1 Å². The zero-order valence-electron chi connectivity index (χ0n) is 26.3. The number of anilines is 2. The van der Waals surface area contributed by atoms with Crippen molar-refractivity contribution in [3.63, 3.8) is 0 Å². The van der Waals surface area contributed by atoms with E-state index in [2.05, 4.69) is 17.6 Å². The van der Waals surface area contributed by atoms with Crippen LogP contribution in [0.25, 0.3) is 22.3 Å². The highest BCUT2D eigenvalue weighted by molar-refractivity contribution is 6.47. The lowest BCUT2D eigenvalue weighted by atomic mass is 9.88. The first kappa shape index (κ1) is 34.7. The number of benzene rings is 1. The fourth-order valence-electron chi connectivity index (χ4n) is 6.63. The summed E-state index contributed by atoms with van der Waals surface area (Å²) in [4.78, 5) is 40.3. The van der Waals surface area contributed by atoms with E-state index in [4.69, 9.17) is 57.1 Å². The van der Waals surface area contributed by atoms with Crippen LogP contribution in [-0.2, 0) is 4.79 Å². The van der Waals surface area contributed by atoms with E-state index in [1.54, 1.807) is 11.1 Å². The Bertz CT molecular complexity index is 1960. The Labute approximate surface area is 291 Å². The summed E-state index contributed by atoms with van der Waals surface area (Å²) in [5.41, 5.74) is 5.88. The summed E-state index contributed by atoms with van der Waals surface area (Å²) >= 11 is 25.7. The summed E-state index contributed by atoms with van der Waals surface area (Å²) in [7, 11) is 0. The van der Waals surface area contributed by atoms with Crippen LogP contribution in [0.4, 0.5) is 15.8 Å². The second kappa shape index (κ2) is 13.1. The molecule has 1 amide bonds. The van der Waals surface area contributed by atoms with Crippen molar-refractivity contribution in [1.29, 1.82) is 5.26 Å². The van der Waals surface area contributed by atoms with E-state index in [0.29, 0.717) is 29.9 Å². The predicted octanol–water partition coefficient (Wildman–Crippen LogP) is 7.68. The summed E-state index contributed by atoms with van der Waals surface area (Å²) in [6.07, 6.45) is 4.82. The molecule has 0 saturated carbocycles. The maximum Gasteiger partial charge on any atom is 0.272 e. The highest BCUT2D eigenvalue weighted by Crippen LogP contribution is 2.46. The van der Waals surface area contributed by atoms with Crippen molar-refractivity contribution in [2.75, 3.05) is 23.7 Å². The number of pyridine rings is 2. The molecule has 47 heavy (non-hydrogen) atoms. The van der Waals surface area contributed by atoms with Gasteiger partial charge in [0, 0.05) is 48.4 Å². The number of hydrogen-bond donors (Lipinski definition) is 1. The van der Waals surface area contributed by atoms with Crippen molar-refractivity contribution in [2.45, 2.75) is 52.7 Å². The molecule has 0 bridgehead atoms. The Kier molecular flexibility index (Phi) is 9.69. The van der Waals surface area contributed by atoms with E-state index < -0.39 is 22.4 Å². The van der Waals surface area contributed by atoms with Crippen molar-refractivity contribution in [3.05, 3.63) is 72.8 Å². The molecule has 2 aromatic heterocycles. The lowest BCUT2D eigenvalue weighted by Crippen LogP contribution is -2.58. The van der Waals surface area contributed by atoms with Gasteiger partial charge < -0.3 is 15.5 Å². The van der Waals surface area contributed by atoms with Gasteiger partial charge in [-0.25, -0.2) is 9.37 Å².